The van der Waals surface area contributed by atoms with Crippen molar-refractivity contribution >= 4 is 11.5 Å². The van der Waals surface area contributed by atoms with Gasteiger partial charge in [0.25, 0.3) is 0 Å². The quantitative estimate of drug-likeness (QED) is 0.753. The van der Waals surface area contributed by atoms with E-state index in [1.807, 2.05) is 0 Å². The summed E-state index contributed by atoms with van der Waals surface area (Å²) in [7, 11) is 2.99. The lowest BCUT2D eigenvalue weighted by Crippen LogP contribution is -1.99. The molecule has 0 atom stereocenters. The fourth-order valence-corrected chi connectivity index (χ4v) is 1.42. The Kier molecular flexibility index (Phi) is 4.54. The third-order valence-corrected chi connectivity index (χ3v) is 2.22. The van der Waals surface area contributed by atoms with Crippen LogP contribution < -0.4 is 9.47 Å². The van der Waals surface area contributed by atoms with Crippen LogP contribution in [-0.4, -0.2) is 37.0 Å². The van der Waals surface area contributed by atoms with Crippen molar-refractivity contribution in [3.05, 3.63) is 29.8 Å². The van der Waals surface area contributed by atoms with Crippen molar-refractivity contribution in [2.24, 2.45) is 0 Å². The number of methoxy groups -OCH3 is 2. The number of rotatable bonds is 5. The monoisotopic (exact) mass is 238 g/mol. The summed E-state index contributed by atoms with van der Waals surface area (Å²) in [6.07, 6.45) is 0.949. The Morgan fingerprint density at radius 1 is 1.35 bits per heavy atom. The lowest BCUT2D eigenvalue weighted by molar-refractivity contribution is -0.131. The second kappa shape index (κ2) is 5.91. The van der Waals surface area contributed by atoms with Crippen LogP contribution in [0.2, 0.25) is 0 Å². The number of carboxylic acid groups (broad SMARTS) is 1. The predicted molar refractivity (Wildman–Crippen MR) is 62.2 cm³/mol. The number of aliphatic hydroxyl groups is 1. The number of hydrogen-bond donors (Lipinski definition) is 2. The summed E-state index contributed by atoms with van der Waals surface area (Å²) in [5.74, 6) is -0.0731. The van der Waals surface area contributed by atoms with Gasteiger partial charge in [0.15, 0.2) is 0 Å². The van der Waals surface area contributed by atoms with Gasteiger partial charge >= 0.3 is 5.97 Å². The SMILES string of the molecule is COc1ccc(/C(=C/C(=O)O)CO)c(OC)c1. The normalized spacial score (nSPS) is 11.1. The summed E-state index contributed by atoms with van der Waals surface area (Å²) < 4.78 is 10.2. The first-order valence-electron chi connectivity index (χ1n) is 4.89. The van der Waals surface area contributed by atoms with Crippen molar-refractivity contribution in [1.82, 2.24) is 0 Å². The molecule has 0 amide bonds. The minimum absolute atomic E-state index is 0.275. The van der Waals surface area contributed by atoms with Crippen molar-refractivity contribution in [2.75, 3.05) is 20.8 Å². The molecule has 1 rings (SSSR count). The number of benzene rings is 1. The Morgan fingerprint density at radius 3 is 2.53 bits per heavy atom. The van der Waals surface area contributed by atoms with Crippen LogP contribution in [0.4, 0.5) is 0 Å². The molecule has 1 aromatic carbocycles. The molecule has 5 heteroatoms. The van der Waals surface area contributed by atoms with Gasteiger partial charge in [-0.25, -0.2) is 4.79 Å². The third-order valence-electron chi connectivity index (χ3n) is 2.22. The standard InChI is InChI=1S/C12H14O5/c1-16-9-3-4-10(11(6-9)17-2)8(7-13)5-12(14)15/h3-6,13H,7H2,1-2H3,(H,14,15)/b8-5+. The molecule has 0 saturated heterocycles. The van der Waals surface area contributed by atoms with Gasteiger partial charge < -0.3 is 19.7 Å². The van der Waals surface area contributed by atoms with Crippen LogP contribution in [0.25, 0.3) is 5.57 Å². The summed E-state index contributed by atoms with van der Waals surface area (Å²) >= 11 is 0. The van der Waals surface area contributed by atoms with Crippen molar-refractivity contribution in [3.63, 3.8) is 0 Å². The second-order valence-corrected chi connectivity index (χ2v) is 3.23. The minimum Gasteiger partial charge on any atom is -0.497 e. The number of hydrogen-bond acceptors (Lipinski definition) is 4. The van der Waals surface area contributed by atoms with Gasteiger partial charge in [0, 0.05) is 17.7 Å². The highest BCUT2D eigenvalue weighted by atomic mass is 16.5. The molecule has 1 aromatic rings. The first-order valence-corrected chi connectivity index (χ1v) is 4.89. The lowest BCUT2D eigenvalue weighted by Gasteiger charge is -2.11. The molecule has 0 aliphatic rings. The molecule has 0 saturated carbocycles. The van der Waals surface area contributed by atoms with Gasteiger partial charge in [-0.3, -0.25) is 0 Å². The maximum absolute atomic E-state index is 10.6. The predicted octanol–water partition coefficient (Wildman–Crippen LogP) is 1.16. The summed E-state index contributed by atoms with van der Waals surface area (Å²) in [6, 6.07) is 4.94. The van der Waals surface area contributed by atoms with Crippen LogP contribution in [0.15, 0.2) is 24.3 Å². The molecule has 0 aliphatic carbocycles. The summed E-state index contributed by atoms with van der Waals surface area (Å²) in [5, 5.41) is 17.8. The average Bonchev–Trinajstić information content (AvgIpc) is 2.35. The molecule has 0 fully saturated rings. The molecule has 0 heterocycles. The molecule has 0 radical (unpaired) electrons. The number of carbonyl (C=O) groups is 1. The lowest BCUT2D eigenvalue weighted by atomic mass is 10.0. The molecular formula is C12H14O5. The van der Waals surface area contributed by atoms with Gasteiger partial charge in [0.05, 0.1) is 20.8 Å². The first kappa shape index (κ1) is 13.1. The summed E-state index contributed by atoms with van der Waals surface area (Å²) in [5.41, 5.74) is 0.801. The van der Waals surface area contributed by atoms with Crippen LogP contribution in [0.1, 0.15) is 5.56 Å². The van der Waals surface area contributed by atoms with Gasteiger partial charge in [-0.15, -0.1) is 0 Å². The van der Waals surface area contributed by atoms with Crippen LogP contribution >= 0.6 is 0 Å². The Hall–Kier alpha value is -2.01. The number of ether oxygens (including phenoxy) is 2. The molecule has 5 nitrogen and oxygen atoms in total. The molecule has 0 bridgehead atoms. The third kappa shape index (κ3) is 3.22. The number of aliphatic hydroxyl groups excluding tert-OH is 1. The van der Waals surface area contributed by atoms with Crippen molar-refractivity contribution in [3.8, 4) is 11.5 Å². The van der Waals surface area contributed by atoms with Gasteiger partial charge in [-0.05, 0) is 17.7 Å². The van der Waals surface area contributed by atoms with Gasteiger partial charge in [0.1, 0.15) is 11.5 Å². The van der Waals surface area contributed by atoms with E-state index < -0.39 is 5.97 Å². The molecule has 0 aliphatic heterocycles. The molecule has 2 N–H and O–H groups in total. The molecular weight excluding hydrogens is 224 g/mol. The van der Waals surface area contributed by atoms with E-state index in [0.29, 0.717) is 17.1 Å². The number of carboxylic acids is 1. The highest BCUT2D eigenvalue weighted by Crippen LogP contribution is 2.29. The maximum Gasteiger partial charge on any atom is 0.328 e. The smallest absolute Gasteiger partial charge is 0.328 e. The van der Waals surface area contributed by atoms with E-state index in [2.05, 4.69) is 0 Å². The fraction of sp³-hybridized carbons (Fsp3) is 0.250. The second-order valence-electron chi connectivity index (χ2n) is 3.23. The largest absolute Gasteiger partial charge is 0.497 e. The molecule has 0 unspecified atom stereocenters. The van der Waals surface area contributed by atoms with E-state index in [4.69, 9.17) is 19.7 Å². The Balaban J connectivity index is 3.24. The topological polar surface area (TPSA) is 76.0 Å². The Labute approximate surface area is 98.9 Å². The van der Waals surface area contributed by atoms with Crippen LogP contribution in [0, 0.1) is 0 Å². The van der Waals surface area contributed by atoms with E-state index in [-0.39, 0.29) is 12.2 Å². The Bertz CT molecular complexity index is 437. The van der Waals surface area contributed by atoms with Crippen molar-refractivity contribution in [1.29, 1.82) is 0 Å². The van der Waals surface area contributed by atoms with E-state index in [9.17, 15) is 4.79 Å². The maximum atomic E-state index is 10.6. The fourth-order valence-electron chi connectivity index (χ4n) is 1.42. The highest BCUT2D eigenvalue weighted by Gasteiger charge is 2.10. The summed E-state index contributed by atoms with van der Waals surface area (Å²) in [6.45, 7) is -0.380. The van der Waals surface area contributed by atoms with E-state index >= 15 is 0 Å². The zero-order valence-electron chi connectivity index (χ0n) is 9.64. The zero-order chi connectivity index (χ0) is 12.8. The number of aliphatic carboxylic acids is 1. The van der Waals surface area contributed by atoms with Gasteiger partial charge in [-0.1, -0.05) is 0 Å². The average molecular weight is 238 g/mol. The van der Waals surface area contributed by atoms with E-state index in [1.54, 1.807) is 18.2 Å². The molecule has 0 aromatic heterocycles. The van der Waals surface area contributed by atoms with Gasteiger partial charge in [-0.2, -0.15) is 0 Å². The highest BCUT2D eigenvalue weighted by molar-refractivity contribution is 5.91. The summed E-state index contributed by atoms with van der Waals surface area (Å²) in [4.78, 5) is 10.6. The minimum atomic E-state index is -1.12. The Morgan fingerprint density at radius 2 is 2.06 bits per heavy atom. The van der Waals surface area contributed by atoms with Crippen molar-refractivity contribution < 1.29 is 24.5 Å². The van der Waals surface area contributed by atoms with Crippen LogP contribution in [-0.2, 0) is 4.79 Å². The van der Waals surface area contributed by atoms with Crippen molar-refractivity contribution in [2.45, 2.75) is 0 Å². The molecule has 0 spiro atoms. The van der Waals surface area contributed by atoms with Crippen LogP contribution in [0.3, 0.4) is 0 Å². The van der Waals surface area contributed by atoms with E-state index in [0.717, 1.165) is 6.08 Å². The molecule has 17 heavy (non-hydrogen) atoms. The molecule has 92 valence electrons. The van der Waals surface area contributed by atoms with Crippen LogP contribution in [0.5, 0.6) is 11.5 Å². The van der Waals surface area contributed by atoms with Gasteiger partial charge in [0.2, 0.25) is 0 Å². The first-order chi connectivity index (χ1) is 8.12. The zero-order valence-corrected chi connectivity index (χ0v) is 9.64. The van der Waals surface area contributed by atoms with E-state index in [1.165, 1.54) is 14.2 Å².